The van der Waals surface area contributed by atoms with Gasteiger partial charge in [-0.25, -0.2) is 8.42 Å². The summed E-state index contributed by atoms with van der Waals surface area (Å²) in [6, 6.07) is 11.6. The van der Waals surface area contributed by atoms with E-state index in [1.165, 1.54) is 29.6 Å². The second-order valence-corrected chi connectivity index (χ2v) is 7.92. The summed E-state index contributed by atoms with van der Waals surface area (Å²) >= 11 is 0. The van der Waals surface area contributed by atoms with Crippen LogP contribution in [0, 0.1) is 0 Å². The third-order valence-corrected chi connectivity index (χ3v) is 6.39. The lowest BCUT2D eigenvalue weighted by Gasteiger charge is -2.19. The predicted molar refractivity (Wildman–Crippen MR) is 107 cm³/mol. The largest absolute Gasteiger partial charge is 0.497 e. The molecule has 0 aliphatic heterocycles. The summed E-state index contributed by atoms with van der Waals surface area (Å²) in [6.45, 7) is 4.51. The molecule has 28 heavy (non-hydrogen) atoms. The average molecular weight is 407 g/mol. The zero-order valence-corrected chi connectivity index (χ0v) is 17.4. The third-order valence-electron chi connectivity index (χ3n) is 4.35. The van der Waals surface area contributed by atoms with E-state index in [4.69, 9.17) is 9.47 Å². The summed E-state index contributed by atoms with van der Waals surface area (Å²) in [5.41, 5.74) is 1.03. The smallest absolute Gasteiger partial charge is 0.255 e. The van der Waals surface area contributed by atoms with Gasteiger partial charge in [-0.05, 0) is 35.9 Å². The van der Waals surface area contributed by atoms with Gasteiger partial charge in [0, 0.05) is 19.6 Å². The highest BCUT2D eigenvalue weighted by molar-refractivity contribution is 7.89. The summed E-state index contributed by atoms with van der Waals surface area (Å²) in [7, 11) is -0.666. The van der Waals surface area contributed by atoms with Crippen molar-refractivity contribution < 1.29 is 22.7 Å². The fourth-order valence-electron chi connectivity index (χ4n) is 2.80. The van der Waals surface area contributed by atoms with Crippen molar-refractivity contribution in [1.82, 2.24) is 9.62 Å². The molecule has 0 saturated heterocycles. The molecule has 7 nitrogen and oxygen atoms in total. The lowest BCUT2D eigenvalue weighted by atomic mass is 10.1. The van der Waals surface area contributed by atoms with Crippen molar-refractivity contribution in [2.75, 3.05) is 27.3 Å². The normalized spacial score (nSPS) is 11.3. The van der Waals surface area contributed by atoms with E-state index in [1.54, 1.807) is 21.0 Å². The molecule has 1 amide bonds. The second-order valence-electron chi connectivity index (χ2n) is 5.99. The van der Waals surface area contributed by atoms with Crippen LogP contribution < -0.4 is 14.8 Å². The molecule has 0 aliphatic rings. The quantitative estimate of drug-likeness (QED) is 0.692. The molecule has 152 valence electrons. The maximum absolute atomic E-state index is 12.8. The number of benzene rings is 2. The molecule has 0 fully saturated rings. The van der Waals surface area contributed by atoms with Gasteiger partial charge in [0.05, 0.1) is 24.7 Å². The molecule has 2 rings (SSSR count). The van der Waals surface area contributed by atoms with Gasteiger partial charge in [0.15, 0.2) is 0 Å². The Hall–Kier alpha value is -2.58. The minimum Gasteiger partial charge on any atom is -0.497 e. The fraction of sp³-hybridized carbons (Fsp3) is 0.350. The Kier molecular flexibility index (Phi) is 7.42. The van der Waals surface area contributed by atoms with Gasteiger partial charge >= 0.3 is 0 Å². The monoisotopic (exact) mass is 406 g/mol. The number of methoxy groups -OCH3 is 2. The first-order chi connectivity index (χ1) is 13.4. The molecule has 2 aromatic rings. The molecular weight excluding hydrogens is 380 g/mol. The van der Waals surface area contributed by atoms with E-state index in [9.17, 15) is 13.2 Å². The molecular formula is C20H26N2O5S. The highest BCUT2D eigenvalue weighted by Gasteiger charge is 2.24. The Morgan fingerprint density at radius 1 is 1.04 bits per heavy atom. The molecule has 1 N–H and O–H groups in total. The van der Waals surface area contributed by atoms with Gasteiger partial charge in [-0.1, -0.05) is 26.0 Å². The Balaban J connectivity index is 2.28. The maximum atomic E-state index is 12.8. The molecule has 0 saturated carbocycles. The number of hydrogen-bond donors (Lipinski definition) is 1. The van der Waals surface area contributed by atoms with Crippen molar-refractivity contribution in [1.29, 1.82) is 0 Å². The third kappa shape index (κ3) is 4.82. The van der Waals surface area contributed by atoms with Crippen LogP contribution in [0.25, 0.3) is 0 Å². The number of amides is 1. The van der Waals surface area contributed by atoms with E-state index in [0.717, 1.165) is 5.56 Å². The minimum atomic E-state index is -3.68. The average Bonchev–Trinajstić information content (AvgIpc) is 2.72. The highest BCUT2D eigenvalue weighted by atomic mass is 32.2. The number of ether oxygens (including phenoxy) is 2. The van der Waals surface area contributed by atoms with Crippen LogP contribution >= 0.6 is 0 Å². The fourth-order valence-corrected chi connectivity index (χ4v) is 4.28. The van der Waals surface area contributed by atoms with E-state index in [0.29, 0.717) is 24.6 Å². The van der Waals surface area contributed by atoms with Gasteiger partial charge in [-0.2, -0.15) is 4.31 Å². The first kappa shape index (κ1) is 21.7. The standard InChI is InChI=1S/C20H26N2O5S/c1-5-22(6-2)28(24,25)17-10-11-19(27-4)18(13-17)20(23)21-14-15-8-7-9-16(12-15)26-3/h7-13H,5-6,14H2,1-4H3,(H,21,23). The number of hydrogen-bond acceptors (Lipinski definition) is 5. The van der Waals surface area contributed by atoms with Gasteiger partial charge in [-0.15, -0.1) is 0 Å². The maximum Gasteiger partial charge on any atom is 0.255 e. The number of nitrogens with one attached hydrogen (secondary N) is 1. The zero-order valence-electron chi connectivity index (χ0n) is 16.6. The van der Waals surface area contributed by atoms with Gasteiger partial charge in [0.25, 0.3) is 5.91 Å². The summed E-state index contributed by atoms with van der Waals surface area (Å²) in [4.78, 5) is 12.8. The van der Waals surface area contributed by atoms with Crippen molar-refractivity contribution in [2.24, 2.45) is 0 Å². The minimum absolute atomic E-state index is 0.0588. The van der Waals surface area contributed by atoms with Crippen LogP contribution in [0.4, 0.5) is 0 Å². The lowest BCUT2D eigenvalue weighted by Crippen LogP contribution is -2.31. The molecule has 0 unspecified atom stereocenters. The molecule has 8 heteroatoms. The van der Waals surface area contributed by atoms with Crippen LogP contribution in [0.15, 0.2) is 47.4 Å². The lowest BCUT2D eigenvalue weighted by molar-refractivity contribution is 0.0947. The molecule has 0 atom stereocenters. The molecule has 2 aromatic carbocycles. The first-order valence-electron chi connectivity index (χ1n) is 8.96. The van der Waals surface area contributed by atoms with E-state index in [1.807, 2.05) is 24.3 Å². The summed E-state index contributed by atoms with van der Waals surface area (Å²) < 4.78 is 37.3. The second kappa shape index (κ2) is 9.57. The van der Waals surface area contributed by atoms with E-state index in [-0.39, 0.29) is 17.0 Å². The van der Waals surface area contributed by atoms with E-state index >= 15 is 0 Å². The summed E-state index contributed by atoms with van der Waals surface area (Å²) in [5.74, 6) is 0.578. The number of sulfonamides is 1. The Morgan fingerprint density at radius 3 is 2.36 bits per heavy atom. The summed E-state index contributed by atoms with van der Waals surface area (Å²) in [5, 5.41) is 2.79. The molecule has 0 spiro atoms. The van der Waals surface area contributed by atoms with Gasteiger partial charge < -0.3 is 14.8 Å². The highest BCUT2D eigenvalue weighted by Crippen LogP contribution is 2.25. The van der Waals surface area contributed by atoms with Crippen LogP contribution in [0.1, 0.15) is 29.8 Å². The van der Waals surface area contributed by atoms with E-state index < -0.39 is 15.9 Å². The van der Waals surface area contributed by atoms with Gasteiger partial charge in [0.1, 0.15) is 11.5 Å². The van der Waals surface area contributed by atoms with Gasteiger partial charge in [-0.3, -0.25) is 4.79 Å². The van der Waals surface area contributed by atoms with Gasteiger partial charge in [0.2, 0.25) is 10.0 Å². The molecule has 0 radical (unpaired) electrons. The first-order valence-corrected chi connectivity index (χ1v) is 10.4. The SMILES string of the molecule is CCN(CC)S(=O)(=O)c1ccc(OC)c(C(=O)NCc2cccc(OC)c2)c1. The van der Waals surface area contributed by atoms with Crippen molar-refractivity contribution in [3.63, 3.8) is 0 Å². The predicted octanol–water partition coefficient (Wildman–Crippen LogP) is 2.66. The number of carbonyl (C=O) groups is 1. The van der Waals surface area contributed by atoms with Crippen molar-refractivity contribution in [2.45, 2.75) is 25.3 Å². The zero-order chi connectivity index (χ0) is 20.7. The van der Waals surface area contributed by atoms with Crippen LogP contribution in [0.5, 0.6) is 11.5 Å². The molecule has 0 aliphatic carbocycles. The van der Waals surface area contributed by atoms with Crippen LogP contribution in [0.3, 0.4) is 0 Å². The Bertz CT molecular complexity index is 924. The number of rotatable bonds is 9. The van der Waals surface area contributed by atoms with E-state index in [2.05, 4.69) is 5.32 Å². The topological polar surface area (TPSA) is 84.9 Å². The Morgan fingerprint density at radius 2 is 1.75 bits per heavy atom. The van der Waals surface area contributed by atoms with Crippen LogP contribution in [-0.4, -0.2) is 45.9 Å². The van der Waals surface area contributed by atoms with Crippen molar-refractivity contribution in [3.8, 4) is 11.5 Å². The number of carbonyl (C=O) groups excluding carboxylic acids is 1. The Labute approximate surface area is 166 Å². The van der Waals surface area contributed by atoms with Crippen molar-refractivity contribution in [3.05, 3.63) is 53.6 Å². The molecule has 0 bridgehead atoms. The van der Waals surface area contributed by atoms with Crippen molar-refractivity contribution >= 4 is 15.9 Å². The van der Waals surface area contributed by atoms with Crippen LogP contribution in [0.2, 0.25) is 0 Å². The molecule has 0 heterocycles. The van der Waals surface area contributed by atoms with Crippen LogP contribution in [-0.2, 0) is 16.6 Å². The molecule has 0 aromatic heterocycles. The number of nitrogens with zero attached hydrogens (tertiary/aromatic N) is 1. The summed E-state index contributed by atoms with van der Waals surface area (Å²) in [6.07, 6.45) is 0.